The molecule has 4 nitrogen and oxygen atoms in total. The molecule has 0 spiro atoms. The molecule has 0 saturated carbocycles. The summed E-state index contributed by atoms with van der Waals surface area (Å²) in [7, 11) is 0. The molecule has 14 aromatic rings. The van der Waals surface area contributed by atoms with Gasteiger partial charge in [0.1, 0.15) is 0 Å². The van der Waals surface area contributed by atoms with Gasteiger partial charge in [-0.3, -0.25) is 9.97 Å². The summed E-state index contributed by atoms with van der Waals surface area (Å²) >= 11 is 0. The number of rotatable bonds is 9. The summed E-state index contributed by atoms with van der Waals surface area (Å²) in [6.07, 6.45) is 7.88. The minimum absolute atomic E-state index is 0.991. The monoisotopic (exact) mass is 942 g/mol. The number of fused-ring (bicyclic) bond motifs is 6. The lowest BCUT2D eigenvalue weighted by atomic mass is 9.98. The van der Waals surface area contributed by atoms with E-state index < -0.39 is 0 Å². The molecular weight excluding hydrogens is 897 g/mol. The first-order chi connectivity index (χ1) is 36.7. The topological polar surface area (TPSA) is 35.6 Å². The number of hydrogen-bond acceptors (Lipinski definition) is 2. The highest BCUT2D eigenvalue weighted by Crippen LogP contribution is 2.42. The van der Waals surface area contributed by atoms with Gasteiger partial charge >= 0.3 is 0 Å². The average Bonchev–Trinajstić information content (AvgIpc) is 4.00. The normalized spacial score (nSPS) is 11.5. The van der Waals surface area contributed by atoms with E-state index in [0.29, 0.717) is 0 Å². The van der Waals surface area contributed by atoms with Crippen LogP contribution in [0.1, 0.15) is 0 Å². The van der Waals surface area contributed by atoms with Gasteiger partial charge < -0.3 is 9.13 Å². The van der Waals surface area contributed by atoms with Gasteiger partial charge in [-0.25, -0.2) is 0 Å². The molecule has 4 heteroatoms. The Morgan fingerprint density at radius 1 is 0.203 bits per heavy atom. The molecule has 0 aliphatic rings. The largest absolute Gasteiger partial charge is 0.309 e. The second-order valence-corrected chi connectivity index (χ2v) is 19.0. The minimum atomic E-state index is 0.991. The Morgan fingerprint density at radius 3 is 0.784 bits per heavy atom. The highest BCUT2D eigenvalue weighted by atomic mass is 15.0. The number of benzene rings is 10. The van der Waals surface area contributed by atoms with Gasteiger partial charge in [0.15, 0.2) is 0 Å². The fourth-order valence-corrected chi connectivity index (χ4v) is 11.1. The molecule has 0 saturated heterocycles. The van der Waals surface area contributed by atoms with E-state index in [1.165, 1.54) is 66.1 Å². The van der Waals surface area contributed by atoms with Crippen molar-refractivity contribution in [2.75, 3.05) is 0 Å². The van der Waals surface area contributed by atoms with Gasteiger partial charge in [0.2, 0.25) is 0 Å². The smallest absolute Gasteiger partial charge is 0.0541 e. The van der Waals surface area contributed by atoms with Crippen molar-refractivity contribution in [3.63, 3.8) is 0 Å². The lowest BCUT2D eigenvalue weighted by Crippen LogP contribution is -1.98. The molecule has 10 aromatic carbocycles. The molecule has 0 radical (unpaired) electrons. The lowest BCUT2D eigenvalue weighted by Gasteiger charge is -2.16. The van der Waals surface area contributed by atoms with Crippen molar-refractivity contribution in [1.29, 1.82) is 0 Å². The summed E-state index contributed by atoms with van der Waals surface area (Å²) in [6.45, 7) is 0. The van der Waals surface area contributed by atoms with Crippen LogP contribution in [0.3, 0.4) is 0 Å². The second kappa shape index (κ2) is 18.1. The van der Waals surface area contributed by atoms with Crippen LogP contribution in [0, 0.1) is 0 Å². The molecule has 0 amide bonds. The van der Waals surface area contributed by atoms with Crippen LogP contribution in [0.2, 0.25) is 0 Å². The maximum atomic E-state index is 4.92. The molecule has 0 atom stereocenters. The Morgan fingerprint density at radius 2 is 0.473 bits per heavy atom. The van der Waals surface area contributed by atoms with E-state index in [1.807, 2.05) is 24.8 Å². The molecule has 0 aliphatic carbocycles. The van der Waals surface area contributed by atoms with Crippen molar-refractivity contribution in [2.45, 2.75) is 0 Å². The zero-order chi connectivity index (χ0) is 49.0. The number of pyridine rings is 2. The summed E-state index contributed by atoms with van der Waals surface area (Å²) in [5.74, 6) is 0. The van der Waals surface area contributed by atoms with Gasteiger partial charge in [0, 0.05) is 79.7 Å². The van der Waals surface area contributed by atoms with E-state index in [1.54, 1.807) is 0 Å². The number of hydrogen-bond donors (Lipinski definition) is 0. The van der Waals surface area contributed by atoms with E-state index in [9.17, 15) is 0 Å². The van der Waals surface area contributed by atoms with Crippen molar-refractivity contribution in [3.05, 3.63) is 280 Å². The maximum absolute atomic E-state index is 4.92. The van der Waals surface area contributed by atoms with Gasteiger partial charge in [-0.15, -0.1) is 0 Å². The number of aromatic nitrogens is 4. The van der Waals surface area contributed by atoms with Crippen molar-refractivity contribution >= 4 is 43.6 Å². The van der Waals surface area contributed by atoms with Gasteiger partial charge in [-0.1, -0.05) is 182 Å². The van der Waals surface area contributed by atoms with E-state index >= 15 is 0 Å². The SMILES string of the molecule is c1ccc(-c2ccc3c(c2)c2cc(-c4ccccc4)ccc2n3-c2ccccc2-c2cncc(-c3cncc(-c4ccccc4-n4c5ccc(-c6ccccc6)cc5c5cc(-c6ccccc6)ccc54)c3)c2)cc1. The van der Waals surface area contributed by atoms with Crippen LogP contribution in [0.15, 0.2) is 280 Å². The highest BCUT2D eigenvalue weighted by Gasteiger charge is 2.20. The van der Waals surface area contributed by atoms with Crippen LogP contribution in [-0.4, -0.2) is 19.1 Å². The van der Waals surface area contributed by atoms with Crippen LogP contribution >= 0.6 is 0 Å². The molecule has 0 bridgehead atoms. The fraction of sp³-hybridized carbons (Fsp3) is 0. The first-order valence-corrected chi connectivity index (χ1v) is 25.2. The molecule has 0 N–H and O–H groups in total. The zero-order valence-electron chi connectivity index (χ0n) is 40.3. The third-order valence-electron chi connectivity index (χ3n) is 14.7. The number of para-hydroxylation sites is 2. The minimum Gasteiger partial charge on any atom is -0.309 e. The van der Waals surface area contributed by atoms with Crippen molar-refractivity contribution in [3.8, 4) is 89.3 Å². The highest BCUT2D eigenvalue weighted by molar-refractivity contribution is 6.13. The predicted molar refractivity (Wildman–Crippen MR) is 309 cm³/mol. The zero-order valence-corrected chi connectivity index (χ0v) is 40.3. The summed E-state index contributed by atoms with van der Waals surface area (Å²) in [6, 6.07) is 92.1. The van der Waals surface area contributed by atoms with E-state index in [4.69, 9.17) is 9.97 Å². The fourth-order valence-electron chi connectivity index (χ4n) is 11.1. The third kappa shape index (κ3) is 7.48. The molecule has 14 rings (SSSR count). The third-order valence-corrected chi connectivity index (χ3v) is 14.7. The molecule has 0 fully saturated rings. The van der Waals surface area contributed by atoms with E-state index in [2.05, 4.69) is 264 Å². The number of nitrogens with zero attached hydrogens (tertiary/aromatic N) is 4. The Kier molecular flexibility index (Phi) is 10.5. The Labute approximate surface area is 429 Å². The summed E-state index contributed by atoms with van der Waals surface area (Å²) in [5.41, 5.74) is 22.5. The van der Waals surface area contributed by atoms with Gasteiger partial charge in [0.05, 0.1) is 33.4 Å². The van der Waals surface area contributed by atoms with Crippen LogP contribution in [-0.2, 0) is 0 Å². The van der Waals surface area contributed by atoms with Crippen LogP contribution in [0.25, 0.3) is 133 Å². The molecular formula is C70H46N4. The van der Waals surface area contributed by atoms with Crippen LogP contribution < -0.4 is 0 Å². The van der Waals surface area contributed by atoms with E-state index in [0.717, 1.165) is 66.8 Å². The van der Waals surface area contributed by atoms with Crippen molar-refractivity contribution in [2.24, 2.45) is 0 Å². The van der Waals surface area contributed by atoms with Gasteiger partial charge in [-0.2, -0.15) is 0 Å². The Hall–Kier alpha value is -9.90. The molecule has 0 unspecified atom stereocenters. The van der Waals surface area contributed by atoms with Crippen molar-refractivity contribution < 1.29 is 0 Å². The quantitative estimate of drug-likeness (QED) is 0.145. The van der Waals surface area contributed by atoms with Gasteiger partial charge in [-0.05, 0) is 117 Å². The molecule has 74 heavy (non-hydrogen) atoms. The first-order valence-electron chi connectivity index (χ1n) is 25.2. The van der Waals surface area contributed by atoms with Crippen LogP contribution in [0.5, 0.6) is 0 Å². The van der Waals surface area contributed by atoms with Crippen molar-refractivity contribution in [1.82, 2.24) is 19.1 Å². The van der Waals surface area contributed by atoms with Crippen LogP contribution in [0.4, 0.5) is 0 Å². The summed E-state index contributed by atoms with van der Waals surface area (Å²) < 4.78 is 4.85. The van der Waals surface area contributed by atoms with E-state index in [-0.39, 0.29) is 0 Å². The Bertz CT molecular complexity index is 3920. The molecule has 4 aromatic heterocycles. The molecule has 0 aliphatic heterocycles. The predicted octanol–water partition coefficient (Wildman–Crippen LogP) is 18.3. The molecule has 346 valence electrons. The summed E-state index contributed by atoms with van der Waals surface area (Å²) in [5, 5.41) is 4.83. The van der Waals surface area contributed by atoms with Gasteiger partial charge in [0.25, 0.3) is 0 Å². The maximum Gasteiger partial charge on any atom is 0.0541 e. The standard InChI is InChI=1S/C70H46N4/c1-5-17-47(18-6-1)51-29-33-67-61(39-51)62-40-52(48-19-7-2-8-20-48)30-34-68(62)73(67)65-27-15-13-25-59(65)57-37-55(43-71-45-57)56-38-58(46-72-44-56)60-26-14-16-28-66(60)74-69-35-31-53(49-21-9-3-10-22-49)41-63(69)64-42-54(32-36-70(64)74)50-23-11-4-12-24-50/h1-46H. The second-order valence-electron chi connectivity index (χ2n) is 19.0. The molecule has 4 heterocycles. The lowest BCUT2D eigenvalue weighted by molar-refractivity contribution is 1.18. The average molecular weight is 943 g/mol. The Balaban J connectivity index is 0.879. The first kappa shape index (κ1) is 42.9. The summed E-state index contributed by atoms with van der Waals surface area (Å²) in [4.78, 5) is 9.84.